The zero-order valence-corrected chi connectivity index (χ0v) is 13.2. The van der Waals surface area contributed by atoms with E-state index >= 15 is 0 Å². The van der Waals surface area contributed by atoms with Gasteiger partial charge in [-0.1, -0.05) is 24.3 Å². The molecular weight excluding hydrogens is 272 g/mol. The van der Waals surface area contributed by atoms with E-state index in [0.717, 1.165) is 32.0 Å². The third kappa shape index (κ3) is 4.47. The summed E-state index contributed by atoms with van der Waals surface area (Å²) in [7, 11) is 1.73. The summed E-state index contributed by atoms with van der Waals surface area (Å²) in [5.74, 6) is 0.724. The molecular formula is C17H25ClO2. The molecule has 1 aliphatic carbocycles. The van der Waals surface area contributed by atoms with Crippen LogP contribution in [0.25, 0.3) is 0 Å². The maximum absolute atomic E-state index is 6.53. The molecule has 1 aromatic carbocycles. The molecule has 1 unspecified atom stereocenters. The molecule has 1 aromatic rings. The summed E-state index contributed by atoms with van der Waals surface area (Å²) in [6, 6.07) is 8.63. The van der Waals surface area contributed by atoms with E-state index in [1.807, 2.05) is 0 Å². The van der Waals surface area contributed by atoms with Gasteiger partial charge >= 0.3 is 0 Å². The Hall–Kier alpha value is -0.570. The van der Waals surface area contributed by atoms with Crippen LogP contribution in [-0.2, 0) is 15.9 Å². The summed E-state index contributed by atoms with van der Waals surface area (Å²) in [5.41, 5.74) is 2.53. The number of benzene rings is 1. The van der Waals surface area contributed by atoms with Crippen LogP contribution in [0, 0.1) is 5.92 Å². The normalized spacial score (nSPS) is 23.4. The summed E-state index contributed by atoms with van der Waals surface area (Å²) in [6.45, 7) is 3.65. The molecule has 0 bridgehead atoms. The van der Waals surface area contributed by atoms with Crippen LogP contribution in [-0.4, -0.2) is 26.4 Å². The minimum atomic E-state index is 0.124. The minimum Gasteiger partial charge on any atom is -0.384 e. The fourth-order valence-corrected chi connectivity index (χ4v) is 3.18. The Morgan fingerprint density at radius 2 is 1.95 bits per heavy atom. The van der Waals surface area contributed by atoms with Crippen molar-refractivity contribution in [2.24, 2.45) is 5.92 Å². The highest BCUT2D eigenvalue weighted by molar-refractivity contribution is 6.20. The second-order valence-electron chi connectivity index (χ2n) is 5.60. The van der Waals surface area contributed by atoms with Crippen LogP contribution in [0.1, 0.15) is 42.7 Å². The predicted octanol–water partition coefficient (Wildman–Crippen LogP) is 4.36. The van der Waals surface area contributed by atoms with E-state index in [-0.39, 0.29) is 5.38 Å². The molecule has 0 amide bonds. The van der Waals surface area contributed by atoms with Crippen LogP contribution in [0.5, 0.6) is 0 Å². The Morgan fingerprint density at radius 3 is 2.55 bits per heavy atom. The predicted molar refractivity (Wildman–Crippen MR) is 83.4 cm³/mol. The van der Waals surface area contributed by atoms with E-state index in [4.69, 9.17) is 21.1 Å². The molecule has 3 heteroatoms. The third-order valence-electron chi connectivity index (χ3n) is 4.07. The number of hydrogen-bond donors (Lipinski definition) is 0. The van der Waals surface area contributed by atoms with E-state index in [0.29, 0.717) is 6.10 Å². The Bertz CT molecular complexity index is 384. The average molecular weight is 297 g/mol. The van der Waals surface area contributed by atoms with Crippen LogP contribution in [0.3, 0.4) is 0 Å². The van der Waals surface area contributed by atoms with Gasteiger partial charge in [-0.2, -0.15) is 0 Å². The largest absolute Gasteiger partial charge is 0.384 e. The lowest BCUT2D eigenvalue weighted by molar-refractivity contribution is -0.0267. The number of halogens is 1. The van der Waals surface area contributed by atoms with E-state index < -0.39 is 0 Å². The highest BCUT2D eigenvalue weighted by atomic mass is 35.5. The minimum absolute atomic E-state index is 0.124. The molecule has 2 rings (SSSR count). The number of ether oxygens (including phenoxy) is 2. The number of rotatable bonds is 8. The highest BCUT2D eigenvalue weighted by Gasteiger charge is 2.31. The van der Waals surface area contributed by atoms with Gasteiger partial charge in [0.25, 0.3) is 0 Å². The first-order valence-corrected chi connectivity index (χ1v) is 8.00. The van der Waals surface area contributed by atoms with Crippen molar-refractivity contribution < 1.29 is 9.47 Å². The van der Waals surface area contributed by atoms with Gasteiger partial charge in [-0.05, 0) is 49.7 Å². The third-order valence-corrected chi connectivity index (χ3v) is 4.50. The number of methoxy groups -OCH3 is 1. The lowest BCUT2D eigenvalue weighted by atomic mass is 9.78. The summed E-state index contributed by atoms with van der Waals surface area (Å²) >= 11 is 6.53. The molecule has 0 radical (unpaired) electrons. The molecule has 1 atom stereocenters. The molecule has 112 valence electrons. The lowest BCUT2D eigenvalue weighted by Crippen LogP contribution is -2.31. The Morgan fingerprint density at radius 1 is 1.25 bits per heavy atom. The van der Waals surface area contributed by atoms with Crippen molar-refractivity contribution in [1.29, 1.82) is 0 Å². The fraction of sp³-hybridized carbons (Fsp3) is 0.647. The molecule has 0 heterocycles. The molecule has 1 fully saturated rings. The van der Waals surface area contributed by atoms with E-state index in [1.54, 1.807) is 7.11 Å². The van der Waals surface area contributed by atoms with Gasteiger partial charge in [0.15, 0.2) is 0 Å². The first-order valence-electron chi connectivity index (χ1n) is 7.56. The second-order valence-corrected chi connectivity index (χ2v) is 6.13. The molecule has 1 aliphatic rings. The van der Waals surface area contributed by atoms with Gasteiger partial charge in [-0.3, -0.25) is 0 Å². The first-order chi connectivity index (χ1) is 9.72. The molecule has 20 heavy (non-hydrogen) atoms. The van der Waals surface area contributed by atoms with Gasteiger partial charge in [0.1, 0.15) is 0 Å². The van der Waals surface area contributed by atoms with Crippen LogP contribution in [0.2, 0.25) is 0 Å². The maximum atomic E-state index is 6.53. The van der Waals surface area contributed by atoms with Gasteiger partial charge in [0, 0.05) is 13.7 Å². The summed E-state index contributed by atoms with van der Waals surface area (Å²) < 4.78 is 10.7. The smallest absolute Gasteiger partial charge is 0.0587 e. The van der Waals surface area contributed by atoms with Crippen molar-refractivity contribution in [3.63, 3.8) is 0 Å². The van der Waals surface area contributed by atoms with Gasteiger partial charge in [-0.15, -0.1) is 11.6 Å². The molecule has 0 aromatic heterocycles. The van der Waals surface area contributed by atoms with Gasteiger partial charge < -0.3 is 9.47 Å². The quantitative estimate of drug-likeness (QED) is 0.664. The SMILES string of the molecule is CCOC1CC(CC(Cl)c2ccc(CCOC)cc2)C1. The highest BCUT2D eigenvalue weighted by Crippen LogP contribution is 2.39. The first kappa shape index (κ1) is 15.8. The number of hydrogen-bond acceptors (Lipinski definition) is 2. The monoisotopic (exact) mass is 296 g/mol. The molecule has 2 nitrogen and oxygen atoms in total. The molecule has 0 saturated heterocycles. The Balaban J connectivity index is 1.76. The standard InChI is InChI=1S/C17H25ClO2/c1-3-20-16-10-14(11-16)12-17(18)15-6-4-13(5-7-15)8-9-19-2/h4-7,14,16-17H,3,8-12H2,1-2H3. The fourth-order valence-electron chi connectivity index (χ4n) is 2.78. The van der Waals surface area contributed by atoms with Crippen molar-refractivity contribution in [3.05, 3.63) is 35.4 Å². The summed E-state index contributed by atoms with van der Waals surface area (Å²) in [6.07, 6.45) is 4.84. The zero-order chi connectivity index (χ0) is 14.4. The molecule has 0 N–H and O–H groups in total. The Kier molecular flexibility index (Phi) is 6.34. The second kappa shape index (κ2) is 8.02. The number of alkyl halides is 1. The van der Waals surface area contributed by atoms with Crippen molar-refractivity contribution in [2.75, 3.05) is 20.3 Å². The van der Waals surface area contributed by atoms with Crippen LogP contribution < -0.4 is 0 Å². The van der Waals surface area contributed by atoms with E-state index in [2.05, 4.69) is 31.2 Å². The lowest BCUT2D eigenvalue weighted by Gasteiger charge is -2.36. The van der Waals surface area contributed by atoms with Crippen LogP contribution in [0.15, 0.2) is 24.3 Å². The zero-order valence-electron chi connectivity index (χ0n) is 12.5. The summed E-state index contributed by atoms with van der Waals surface area (Å²) in [5, 5.41) is 0.124. The molecule has 0 aliphatic heterocycles. The van der Waals surface area contributed by atoms with Gasteiger partial charge in [-0.25, -0.2) is 0 Å². The van der Waals surface area contributed by atoms with Crippen LogP contribution >= 0.6 is 11.6 Å². The van der Waals surface area contributed by atoms with Gasteiger partial charge in [0.2, 0.25) is 0 Å². The van der Waals surface area contributed by atoms with Crippen molar-refractivity contribution in [1.82, 2.24) is 0 Å². The topological polar surface area (TPSA) is 18.5 Å². The average Bonchev–Trinajstić information content (AvgIpc) is 2.43. The van der Waals surface area contributed by atoms with Crippen LogP contribution in [0.4, 0.5) is 0 Å². The van der Waals surface area contributed by atoms with Crippen molar-refractivity contribution in [3.8, 4) is 0 Å². The van der Waals surface area contributed by atoms with Gasteiger partial charge in [0.05, 0.1) is 18.1 Å². The Labute approximate surface area is 127 Å². The maximum Gasteiger partial charge on any atom is 0.0587 e. The molecule has 1 saturated carbocycles. The van der Waals surface area contributed by atoms with Crippen molar-refractivity contribution >= 4 is 11.6 Å². The van der Waals surface area contributed by atoms with E-state index in [9.17, 15) is 0 Å². The summed E-state index contributed by atoms with van der Waals surface area (Å²) in [4.78, 5) is 0. The molecule has 0 spiro atoms. The van der Waals surface area contributed by atoms with E-state index in [1.165, 1.54) is 24.0 Å². The van der Waals surface area contributed by atoms with Crippen molar-refractivity contribution in [2.45, 2.75) is 44.1 Å².